The molecule has 2 heterocycles. The first kappa shape index (κ1) is 15.0. The van der Waals surface area contributed by atoms with Gasteiger partial charge in [-0.05, 0) is 12.5 Å². The predicted molar refractivity (Wildman–Crippen MR) is 89.3 cm³/mol. The summed E-state index contributed by atoms with van der Waals surface area (Å²) >= 11 is 1.49. The Morgan fingerprint density at radius 1 is 1.23 bits per heavy atom. The van der Waals surface area contributed by atoms with Crippen LogP contribution in [0.1, 0.15) is 21.6 Å². The largest absolute Gasteiger partial charge is 0.364 e. The standard InChI is InChI=1S/C16H20N4OS/c1-12-2-4-13(5-3-12)10-19-6-8-20(9-7-19)16-18-14(11-22-16)15(17)21/h2-5,11H,6-10H2,1H3,(H2,17,21). The number of nitrogens with two attached hydrogens (primary N) is 1. The van der Waals surface area contributed by atoms with Crippen LogP contribution in [0.4, 0.5) is 5.13 Å². The van der Waals surface area contributed by atoms with Crippen LogP contribution in [-0.4, -0.2) is 42.0 Å². The Morgan fingerprint density at radius 2 is 1.91 bits per heavy atom. The molecule has 1 amide bonds. The van der Waals surface area contributed by atoms with Crippen molar-refractivity contribution in [2.45, 2.75) is 13.5 Å². The van der Waals surface area contributed by atoms with Crippen LogP contribution in [0.3, 0.4) is 0 Å². The molecule has 116 valence electrons. The summed E-state index contributed by atoms with van der Waals surface area (Å²) in [6, 6.07) is 8.71. The van der Waals surface area contributed by atoms with Gasteiger partial charge in [0.05, 0.1) is 0 Å². The summed E-state index contributed by atoms with van der Waals surface area (Å²) in [5.41, 5.74) is 8.26. The van der Waals surface area contributed by atoms with Crippen molar-refractivity contribution in [1.29, 1.82) is 0 Å². The van der Waals surface area contributed by atoms with Crippen LogP contribution in [0.25, 0.3) is 0 Å². The van der Waals surface area contributed by atoms with E-state index in [1.807, 2.05) is 0 Å². The Balaban J connectivity index is 1.55. The summed E-state index contributed by atoms with van der Waals surface area (Å²) < 4.78 is 0. The number of primary amides is 1. The lowest BCUT2D eigenvalue weighted by atomic mass is 10.1. The van der Waals surface area contributed by atoms with Gasteiger partial charge in [0, 0.05) is 38.1 Å². The molecular formula is C16H20N4OS. The molecule has 3 rings (SSSR count). The molecule has 1 aromatic heterocycles. The monoisotopic (exact) mass is 316 g/mol. The van der Waals surface area contributed by atoms with Crippen LogP contribution in [0, 0.1) is 6.92 Å². The molecule has 2 N–H and O–H groups in total. The van der Waals surface area contributed by atoms with Gasteiger partial charge in [0.25, 0.3) is 5.91 Å². The lowest BCUT2D eigenvalue weighted by Crippen LogP contribution is -2.46. The van der Waals surface area contributed by atoms with Crippen molar-refractivity contribution in [3.63, 3.8) is 0 Å². The third-order valence-corrected chi connectivity index (χ3v) is 4.82. The number of hydrogen-bond acceptors (Lipinski definition) is 5. The minimum absolute atomic E-state index is 0.363. The quantitative estimate of drug-likeness (QED) is 0.935. The molecule has 1 aliphatic heterocycles. The fourth-order valence-corrected chi connectivity index (χ4v) is 3.44. The number of nitrogens with zero attached hydrogens (tertiary/aromatic N) is 3. The summed E-state index contributed by atoms with van der Waals surface area (Å²) in [4.78, 5) is 20.1. The van der Waals surface area contributed by atoms with Crippen molar-refractivity contribution in [2.24, 2.45) is 5.73 Å². The number of thiazole rings is 1. The van der Waals surface area contributed by atoms with Gasteiger partial charge in [0.2, 0.25) is 0 Å². The van der Waals surface area contributed by atoms with Gasteiger partial charge in [0.1, 0.15) is 5.69 Å². The fourth-order valence-electron chi connectivity index (χ4n) is 2.57. The summed E-state index contributed by atoms with van der Waals surface area (Å²) in [6.07, 6.45) is 0. The van der Waals surface area contributed by atoms with Gasteiger partial charge in [-0.15, -0.1) is 11.3 Å². The molecule has 5 nitrogen and oxygen atoms in total. The Morgan fingerprint density at radius 3 is 2.50 bits per heavy atom. The maximum absolute atomic E-state index is 11.1. The van der Waals surface area contributed by atoms with Crippen LogP contribution in [0.5, 0.6) is 0 Å². The van der Waals surface area contributed by atoms with E-state index < -0.39 is 5.91 Å². The number of amides is 1. The molecule has 22 heavy (non-hydrogen) atoms. The SMILES string of the molecule is Cc1ccc(CN2CCN(c3nc(C(N)=O)cs3)CC2)cc1. The zero-order valence-electron chi connectivity index (χ0n) is 12.7. The molecule has 0 saturated carbocycles. The summed E-state index contributed by atoms with van der Waals surface area (Å²) in [7, 11) is 0. The second kappa shape index (κ2) is 6.46. The van der Waals surface area contributed by atoms with Gasteiger partial charge in [0.15, 0.2) is 5.13 Å². The second-order valence-electron chi connectivity index (χ2n) is 5.63. The predicted octanol–water partition coefficient (Wildman–Crippen LogP) is 1.87. The highest BCUT2D eigenvalue weighted by Gasteiger charge is 2.20. The molecule has 1 fully saturated rings. The molecule has 2 aromatic rings. The minimum Gasteiger partial charge on any atom is -0.364 e. The van der Waals surface area contributed by atoms with E-state index in [2.05, 4.69) is 46.0 Å². The minimum atomic E-state index is -0.458. The Hall–Kier alpha value is -1.92. The fraction of sp³-hybridized carbons (Fsp3) is 0.375. The van der Waals surface area contributed by atoms with E-state index in [0.29, 0.717) is 5.69 Å². The second-order valence-corrected chi connectivity index (χ2v) is 6.46. The number of hydrogen-bond donors (Lipinski definition) is 1. The summed E-state index contributed by atoms with van der Waals surface area (Å²) in [5.74, 6) is -0.458. The van der Waals surface area contributed by atoms with Crippen LogP contribution in [-0.2, 0) is 6.54 Å². The maximum Gasteiger partial charge on any atom is 0.268 e. The lowest BCUT2D eigenvalue weighted by molar-refractivity contribution is 0.0996. The number of anilines is 1. The first-order chi connectivity index (χ1) is 10.6. The van der Waals surface area contributed by atoms with E-state index in [9.17, 15) is 4.79 Å². The summed E-state index contributed by atoms with van der Waals surface area (Å²) in [5, 5.41) is 2.62. The van der Waals surface area contributed by atoms with Crippen LogP contribution in [0.2, 0.25) is 0 Å². The highest BCUT2D eigenvalue weighted by atomic mass is 32.1. The molecule has 0 unspecified atom stereocenters. The van der Waals surface area contributed by atoms with E-state index in [1.165, 1.54) is 22.5 Å². The van der Waals surface area contributed by atoms with Crippen molar-refractivity contribution >= 4 is 22.4 Å². The average Bonchev–Trinajstić information content (AvgIpc) is 3.00. The van der Waals surface area contributed by atoms with Crippen molar-refractivity contribution in [3.8, 4) is 0 Å². The third-order valence-electron chi connectivity index (χ3n) is 3.91. The van der Waals surface area contributed by atoms with Crippen molar-refractivity contribution in [3.05, 3.63) is 46.5 Å². The third kappa shape index (κ3) is 3.45. The number of carbonyl (C=O) groups is 1. The lowest BCUT2D eigenvalue weighted by Gasteiger charge is -2.34. The molecule has 1 aliphatic rings. The van der Waals surface area contributed by atoms with Gasteiger partial charge in [-0.2, -0.15) is 0 Å². The Bertz CT molecular complexity index is 644. The first-order valence-electron chi connectivity index (χ1n) is 7.40. The molecule has 1 aromatic carbocycles. The summed E-state index contributed by atoms with van der Waals surface area (Å²) in [6.45, 7) is 6.95. The number of carbonyl (C=O) groups excluding carboxylic acids is 1. The molecule has 0 spiro atoms. The molecule has 1 saturated heterocycles. The molecule has 6 heteroatoms. The molecule has 0 bridgehead atoms. The van der Waals surface area contributed by atoms with Crippen molar-refractivity contribution in [1.82, 2.24) is 9.88 Å². The topological polar surface area (TPSA) is 62.5 Å². The van der Waals surface area contributed by atoms with Crippen molar-refractivity contribution in [2.75, 3.05) is 31.1 Å². The van der Waals surface area contributed by atoms with Crippen LogP contribution < -0.4 is 10.6 Å². The van der Waals surface area contributed by atoms with Gasteiger partial charge >= 0.3 is 0 Å². The highest BCUT2D eigenvalue weighted by molar-refractivity contribution is 7.13. The number of rotatable bonds is 4. The van der Waals surface area contributed by atoms with E-state index in [1.54, 1.807) is 5.38 Å². The van der Waals surface area contributed by atoms with Gasteiger partial charge in [-0.3, -0.25) is 9.69 Å². The van der Waals surface area contributed by atoms with Gasteiger partial charge in [-0.1, -0.05) is 29.8 Å². The number of benzene rings is 1. The smallest absolute Gasteiger partial charge is 0.268 e. The number of aromatic nitrogens is 1. The molecule has 0 aliphatic carbocycles. The maximum atomic E-state index is 11.1. The zero-order valence-corrected chi connectivity index (χ0v) is 13.5. The van der Waals surface area contributed by atoms with Crippen LogP contribution >= 0.6 is 11.3 Å². The molecule has 0 atom stereocenters. The first-order valence-corrected chi connectivity index (χ1v) is 8.28. The van der Waals surface area contributed by atoms with E-state index in [0.717, 1.165) is 37.9 Å². The van der Waals surface area contributed by atoms with Crippen molar-refractivity contribution < 1.29 is 4.79 Å². The van der Waals surface area contributed by atoms with E-state index >= 15 is 0 Å². The zero-order chi connectivity index (χ0) is 15.5. The number of piperazine rings is 1. The molecule has 0 radical (unpaired) electrons. The van der Waals surface area contributed by atoms with E-state index in [-0.39, 0.29) is 0 Å². The Labute approximate surface area is 134 Å². The van der Waals surface area contributed by atoms with Gasteiger partial charge < -0.3 is 10.6 Å². The average molecular weight is 316 g/mol. The molecular weight excluding hydrogens is 296 g/mol. The normalized spacial score (nSPS) is 16.0. The van der Waals surface area contributed by atoms with E-state index in [4.69, 9.17) is 5.73 Å². The Kier molecular flexibility index (Phi) is 4.40. The van der Waals surface area contributed by atoms with Gasteiger partial charge in [-0.25, -0.2) is 4.98 Å². The van der Waals surface area contributed by atoms with Crippen LogP contribution in [0.15, 0.2) is 29.6 Å². The number of aryl methyl sites for hydroxylation is 1. The highest BCUT2D eigenvalue weighted by Crippen LogP contribution is 2.22.